The van der Waals surface area contributed by atoms with Gasteiger partial charge in [0.15, 0.2) is 5.82 Å². The Bertz CT molecular complexity index is 1540. The quantitative estimate of drug-likeness (QED) is 0.357. The van der Waals surface area contributed by atoms with Gasteiger partial charge in [-0.2, -0.15) is 4.98 Å². The lowest BCUT2D eigenvalue weighted by atomic mass is 9.71. The van der Waals surface area contributed by atoms with Crippen molar-refractivity contribution in [2.24, 2.45) is 0 Å². The van der Waals surface area contributed by atoms with Crippen LogP contribution in [0.1, 0.15) is 53.0 Å². The minimum atomic E-state index is -0.931. The van der Waals surface area contributed by atoms with Crippen LogP contribution in [0.2, 0.25) is 0 Å². The molecule has 204 valence electrons. The van der Waals surface area contributed by atoms with E-state index in [4.69, 9.17) is 4.52 Å². The Morgan fingerprint density at radius 1 is 0.825 bits per heavy atom. The molecule has 40 heavy (non-hydrogen) atoms. The van der Waals surface area contributed by atoms with E-state index in [0.29, 0.717) is 48.8 Å². The van der Waals surface area contributed by atoms with Crippen LogP contribution in [0.4, 0.5) is 8.78 Å². The summed E-state index contributed by atoms with van der Waals surface area (Å²) < 4.78 is 32.5. The molecular formula is C31H28F2N4O3. The number of amides is 2. The number of rotatable bonds is 6. The molecule has 1 saturated carbocycles. The number of carbonyl (C=O) groups is 2. The lowest BCUT2D eigenvalue weighted by molar-refractivity contribution is -0.129. The van der Waals surface area contributed by atoms with Gasteiger partial charge in [-0.25, -0.2) is 8.78 Å². The Morgan fingerprint density at radius 3 is 1.93 bits per heavy atom. The fourth-order valence-electron chi connectivity index (χ4n) is 5.58. The van der Waals surface area contributed by atoms with Gasteiger partial charge in [0.25, 0.3) is 11.8 Å². The Balaban J connectivity index is 1.21. The highest BCUT2D eigenvalue weighted by atomic mass is 19.1. The van der Waals surface area contributed by atoms with Crippen molar-refractivity contribution in [2.45, 2.75) is 43.6 Å². The van der Waals surface area contributed by atoms with Crippen molar-refractivity contribution >= 4 is 11.8 Å². The van der Waals surface area contributed by atoms with Crippen molar-refractivity contribution in [3.63, 3.8) is 0 Å². The summed E-state index contributed by atoms with van der Waals surface area (Å²) in [5.74, 6) is -0.0826. The van der Waals surface area contributed by atoms with Gasteiger partial charge in [-0.15, -0.1) is 0 Å². The molecule has 1 saturated heterocycles. The molecule has 2 heterocycles. The maximum absolute atomic E-state index is 14.0. The van der Waals surface area contributed by atoms with Gasteiger partial charge in [0.1, 0.15) is 11.6 Å². The number of nitrogens with zero attached hydrogens (tertiary/aromatic N) is 3. The van der Waals surface area contributed by atoms with Gasteiger partial charge in [0.05, 0.1) is 11.0 Å². The number of hydrogen-bond acceptors (Lipinski definition) is 5. The van der Waals surface area contributed by atoms with E-state index in [1.54, 1.807) is 60.4 Å². The molecule has 7 nitrogen and oxygen atoms in total. The zero-order chi connectivity index (χ0) is 27.9. The first-order chi connectivity index (χ1) is 19.3. The number of benzene rings is 3. The lowest BCUT2D eigenvalue weighted by Crippen LogP contribution is -2.54. The largest absolute Gasteiger partial charge is 0.346 e. The Hall–Kier alpha value is -4.40. The van der Waals surface area contributed by atoms with Crippen molar-refractivity contribution < 1.29 is 22.9 Å². The highest BCUT2D eigenvalue weighted by molar-refractivity contribution is 5.95. The van der Waals surface area contributed by atoms with Crippen molar-refractivity contribution in [1.29, 1.82) is 0 Å². The number of piperidine rings is 1. The van der Waals surface area contributed by atoms with E-state index < -0.39 is 11.0 Å². The summed E-state index contributed by atoms with van der Waals surface area (Å²) in [4.78, 5) is 33.3. The van der Waals surface area contributed by atoms with Crippen LogP contribution in [0.25, 0.3) is 11.5 Å². The summed E-state index contributed by atoms with van der Waals surface area (Å²) in [6, 6.07) is 19.2. The second-order valence-corrected chi connectivity index (χ2v) is 10.6. The first-order valence-electron chi connectivity index (χ1n) is 13.3. The van der Waals surface area contributed by atoms with Crippen molar-refractivity contribution in [1.82, 2.24) is 20.4 Å². The number of aryl methyl sites for hydroxylation is 1. The number of nitrogens with one attached hydrogen (secondary N) is 1. The van der Waals surface area contributed by atoms with Crippen LogP contribution in [0, 0.1) is 18.6 Å². The van der Waals surface area contributed by atoms with E-state index in [-0.39, 0.29) is 23.4 Å². The number of carbonyl (C=O) groups excluding carboxylic acids is 2. The van der Waals surface area contributed by atoms with Gasteiger partial charge < -0.3 is 14.7 Å². The summed E-state index contributed by atoms with van der Waals surface area (Å²) >= 11 is 0. The van der Waals surface area contributed by atoms with E-state index in [9.17, 15) is 18.4 Å². The zero-order valence-electron chi connectivity index (χ0n) is 22.0. The smallest absolute Gasteiger partial charge is 0.257 e. The molecule has 0 atom stereocenters. The molecule has 9 heteroatoms. The van der Waals surface area contributed by atoms with E-state index in [1.807, 2.05) is 0 Å². The summed E-state index contributed by atoms with van der Waals surface area (Å²) in [5, 5.41) is 7.05. The van der Waals surface area contributed by atoms with Gasteiger partial charge in [0.2, 0.25) is 5.91 Å². The third-order valence-electron chi connectivity index (χ3n) is 8.14. The van der Waals surface area contributed by atoms with Gasteiger partial charge in [-0.3, -0.25) is 9.59 Å². The first kappa shape index (κ1) is 25.9. The van der Waals surface area contributed by atoms with Gasteiger partial charge in [-0.1, -0.05) is 29.4 Å². The molecular weight excluding hydrogens is 514 g/mol. The number of hydrogen-bond donors (Lipinski definition) is 1. The molecule has 0 radical (unpaired) electrons. The molecule has 0 unspecified atom stereocenters. The van der Waals surface area contributed by atoms with Crippen molar-refractivity contribution in [3.8, 4) is 11.5 Å². The van der Waals surface area contributed by atoms with E-state index in [2.05, 4.69) is 15.5 Å². The van der Waals surface area contributed by atoms with Crippen LogP contribution in [0.3, 0.4) is 0 Å². The fraction of sp³-hybridized carbons (Fsp3) is 0.290. The van der Waals surface area contributed by atoms with E-state index in [1.165, 1.54) is 24.3 Å². The Kier molecular flexibility index (Phi) is 6.44. The second-order valence-electron chi connectivity index (χ2n) is 10.6. The van der Waals surface area contributed by atoms with Crippen LogP contribution in [-0.2, 0) is 15.7 Å². The van der Waals surface area contributed by atoms with E-state index in [0.717, 1.165) is 24.0 Å². The minimum Gasteiger partial charge on any atom is -0.346 e. The fourth-order valence-corrected chi connectivity index (χ4v) is 5.58. The highest BCUT2D eigenvalue weighted by Gasteiger charge is 2.51. The number of likely N-dealkylation sites (tertiary alicyclic amines) is 1. The lowest BCUT2D eigenvalue weighted by Gasteiger charge is -2.42. The zero-order valence-corrected chi connectivity index (χ0v) is 22.0. The molecule has 4 aromatic rings. The van der Waals surface area contributed by atoms with Crippen molar-refractivity contribution in [3.05, 3.63) is 107 Å². The normalized spacial score (nSPS) is 17.3. The first-order valence-corrected chi connectivity index (χ1v) is 13.3. The Morgan fingerprint density at radius 2 is 1.40 bits per heavy atom. The van der Waals surface area contributed by atoms with E-state index >= 15 is 0 Å². The maximum Gasteiger partial charge on any atom is 0.257 e. The number of halogens is 2. The predicted molar refractivity (Wildman–Crippen MR) is 143 cm³/mol. The van der Waals surface area contributed by atoms with Crippen LogP contribution in [0.5, 0.6) is 0 Å². The second kappa shape index (κ2) is 9.97. The third-order valence-corrected chi connectivity index (χ3v) is 8.14. The van der Waals surface area contributed by atoms with Gasteiger partial charge >= 0.3 is 0 Å². The van der Waals surface area contributed by atoms with Crippen LogP contribution in [-0.4, -0.2) is 39.9 Å². The molecule has 1 N–H and O–H groups in total. The molecule has 2 amide bonds. The summed E-state index contributed by atoms with van der Waals surface area (Å²) in [7, 11) is 0. The molecule has 2 fully saturated rings. The topological polar surface area (TPSA) is 88.3 Å². The molecule has 1 aromatic heterocycles. The summed E-state index contributed by atoms with van der Waals surface area (Å²) in [6.07, 6.45) is 2.28. The van der Waals surface area contributed by atoms with Crippen LogP contribution < -0.4 is 5.32 Å². The summed E-state index contributed by atoms with van der Waals surface area (Å²) in [5.41, 5.74) is 1.35. The highest BCUT2D eigenvalue weighted by Crippen LogP contribution is 2.47. The SMILES string of the molecule is Cc1noc(-c2ccc(C(=O)N3CCC(C(=O)NC4(c5ccc(F)cc5)CC4)(c4ccc(F)cc4)CC3)cc2)n1. The molecule has 0 spiro atoms. The summed E-state index contributed by atoms with van der Waals surface area (Å²) in [6.45, 7) is 2.45. The molecule has 0 bridgehead atoms. The number of aromatic nitrogens is 2. The van der Waals surface area contributed by atoms with Gasteiger partial charge in [0, 0.05) is 24.2 Å². The maximum atomic E-state index is 14.0. The third kappa shape index (κ3) is 4.76. The van der Waals surface area contributed by atoms with Crippen molar-refractivity contribution in [2.75, 3.05) is 13.1 Å². The van der Waals surface area contributed by atoms with Crippen LogP contribution in [0.15, 0.2) is 77.3 Å². The minimum absolute atomic E-state index is 0.133. The monoisotopic (exact) mass is 542 g/mol. The predicted octanol–water partition coefficient (Wildman–Crippen LogP) is 5.30. The molecule has 6 rings (SSSR count). The standard InChI is InChI=1S/C31H28F2N4O3/c1-20-34-27(40-36-20)21-2-4-22(5-3-21)28(38)37-18-16-30(17-19-37,23-6-10-25(32)11-7-23)29(39)35-31(14-15-31)24-8-12-26(33)13-9-24/h2-13H,14-19H2,1H3,(H,35,39). The Labute approximate surface area is 230 Å². The molecule has 2 aliphatic rings. The molecule has 1 aliphatic carbocycles. The average molecular weight is 543 g/mol. The molecule has 3 aromatic carbocycles. The van der Waals surface area contributed by atoms with Gasteiger partial charge in [-0.05, 0) is 92.3 Å². The van der Waals surface area contributed by atoms with Crippen LogP contribution >= 0.6 is 0 Å². The average Bonchev–Trinajstić information content (AvgIpc) is 3.63. The molecule has 1 aliphatic heterocycles.